The van der Waals surface area contributed by atoms with Crippen molar-refractivity contribution in [1.82, 2.24) is 0 Å². The normalized spacial score (nSPS) is 13.0. The lowest BCUT2D eigenvalue weighted by Gasteiger charge is -2.16. The predicted octanol–water partition coefficient (Wildman–Crippen LogP) is 5.02. The minimum Gasteiger partial charge on any atom is -0.507 e. The topological polar surface area (TPSA) is 69.9 Å². The third-order valence-electron chi connectivity index (χ3n) is 4.04. The third kappa shape index (κ3) is 5.88. The lowest BCUT2D eigenvalue weighted by atomic mass is 9.94. The molecule has 0 saturated heterocycles. The second kappa shape index (κ2) is 9.39. The van der Waals surface area contributed by atoms with Crippen molar-refractivity contribution in [3.8, 4) is 5.75 Å². The lowest BCUT2D eigenvalue weighted by Crippen LogP contribution is -2.15. The molecule has 0 heterocycles. The Balaban J connectivity index is 2.41. The van der Waals surface area contributed by atoms with Crippen LogP contribution in [0.4, 0.5) is 0 Å². The van der Waals surface area contributed by atoms with Crippen LogP contribution < -0.4 is 0 Å². The van der Waals surface area contributed by atoms with E-state index in [9.17, 15) is 15.0 Å². The first-order valence-electron chi connectivity index (χ1n) is 8.67. The largest absolute Gasteiger partial charge is 0.507 e. The zero-order valence-corrected chi connectivity index (χ0v) is 15.8. The van der Waals surface area contributed by atoms with E-state index in [4.69, 9.17) is 16.6 Å². The van der Waals surface area contributed by atoms with Crippen molar-refractivity contribution < 1.29 is 15.0 Å². The van der Waals surface area contributed by atoms with Crippen LogP contribution in [0.15, 0.2) is 53.5 Å². The number of hydrogen-bond donors (Lipinski definition) is 2. The molecule has 5 heteroatoms. The van der Waals surface area contributed by atoms with Crippen LogP contribution in [0.2, 0.25) is 5.02 Å². The van der Waals surface area contributed by atoms with Gasteiger partial charge in [-0.2, -0.15) is 0 Å². The number of nitrogens with zero attached hydrogens (tertiary/aromatic N) is 1. The smallest absolute Gasteiger partial charge is 0.303 e. The van der Waals surface area contributed by atoms with E-state index in [0.717, 1.165) is 12.0 Å². The maximum atomic E-state index is 11.2. The first-order valence-corrected chi connectivity index (χ1v) is 9.05. The average molecular weight is 374 g/mol. The summed E-state index contributed by atoms with van der Waals surface area (Å²) >= 11 is 6.10. The Kier molecular flexibility index (Phi) is 7.22. The van der Waals surface area contributed by atoms with Crippen LogP contribution in [0, 0.1) is 11.8 Å². The molecular weight excluding hydrogens is 350 g/mol. The minimum absolute atomic E-state index is 0.0625. The molecular formula is C21H24ClNO3. The number of benzene rings is 2. The molecule has 4 nitrogen and oxygen atoms in total. The fourth-order valence-corrected chi connectivity index (χ4v) is 3.15. The molecule has 1 atom stereocenters. The zero-order chi connectivity index (χ0) is 19.1. The predicted molar refractivity (Wildman–Crippen MR) is 105 cm³/mol. The highest BCUT2D eigenvalue weighted by molar-refractivity contribution is 6.31. The molecule has 0 amide bonds. The summed E-state index contributed by atoms with van der Waals surface area (Å²) in [5, 5.41) is 20.0. The fourth-order valence-electron chi connectivity index (χ4n) is 2.98. The molecule has 2 aromatic rings. The van der Waals surface area contributed by atoms with Gasteiger partial charge in [-0.1, -0.05) is 55.8 Å². The minimum atomic E-state index is -0.822. The lowest BCUT2D eigenvalue weighted by molar-refractivity contribution is -0.138. The number of aliphatic imine (C=N–C) groups is 1. The molecule has 2 rings (SSSR count). The molecule has 0 saturated carbocycles. The van der Waals surface area contributed by atoms with Gasteiger partial charge in [-0.3, -0.25) is 9.79 Å². The maximum Gasteiger partial charge on any atom is 0.303 e. The van der Waals surface area contributed by atoms with E-state index in [1.807, 2.05) is 30.3 Å². The zero-order valence-electron chi connectivity index (χ0n) is 15.0. The standard InChI is InChI=1S/C21H24ClNO3/c1-14(2)10-15(11-20(25)26)13-23-21(16-6-4-3-5-7-16)18-12-17(22)8-9-19(18)24/h3-9,12,14-15,24H,10-11,13H2,1-2H3,(H,25,26)/t15-/m0/s1. The van der Waals surface area contributed by atoms with Gasteiger partial charge in [0, 0.05) is 29.1 Å². The molecule has 138 valence electrons. The number of halogens is 1. The van der Waals surface area contributed by atoms with Crippen LogP contribution in [0.1, 0.15) is 37.8 Å². The van der Waals surface area contributed by atoms with Crippen LogP contribution in [-0.4, -0.2) is 28.4 Å². The first-order chi connectivity index (χ1) is 12.4. The molecule has 0 radical (unpaired) electrons. The van der Waals surface area contributed by atoms with Crippen molar-refractivity contribution >= 4 is 23.3 Å². The van der Waals surface area contributed by atoms with Crippen LogP contribution in [0.25, 0.3) is 0 Å². The maximum absolute atomic E-state index is 11.2. The molecule has 26 heavy (non-hydrogen) atoms. The molecule has 0 bridgehead atoms. The number of carboxylic acids is 1. The van der Waals surface area contributed by atoms with Gasteiger partial charge >= 0.3 is 5.97 Å². The van der Waals surface area contributed by atoms with Gasteiger partial charge in [0.15, 0.2) is 0 Å². The van der Waals surface area contributed by atoms with Crippen molar-refractivity contribution in [3.63, 3.8) is 0 Å². The van der Waals surface area contributed by atoms with Crippen molar-refractivity contribution in [2.24, 2.45) is 16.8 Å². The summed E-state index contributed by atoms with van der Waals surface area (Å²) in [5.74, 6) is -0.407. The second-order valence-electron chi connectivity index (χ2n) is 6.81. The Morgan fingerprint density at radius 1 is 1.15 bits per heavy atom. The number of phenols is 1. The molecule has 0 aliphatic heterocycles. The van der Waals surface area contributed by atoms with Gasteiger partial charge in [0.2, 0.25) is 0 Å². The molecule has 0 aromatic heterocycles. The van der Waals surface area contributed by atoms with Crippen LogP contribution in [-0.2, 0) is 4.79 Å². The summed E-state index contributed by atoms with van der Waals surface area (Å²) < 4.78 is 0. The van der Waals surface area contributed by atoms with Gasteiger partial charge in [-0.15, -0.1) is 0 Å². The molecule has 0 unspecified atom stereocenters. The van der Waals surface area contributed by atoms with E-state index in [2.05, 4.69) is 13.8 Å². The van der Waals surface area contributed by atoms with Crippen LogP contribution in [0.3, 0.4) is 0 Å². The number of aliphatic carboxylic acids is 1. The Bertz CT molecular complexity index is 772. The number of rotatable bonds is 8. The van der Waals surface area contributed by atoms with Crippen molar-refractivity contribution in [2.75, 3.05) is 6.54 Å². The molecule has 0 aliphatic carbocycles. The highest BCUT2D eigenvalue weighted by Gasteiger charge is 2.17. The summed E-state index contributed by atoms with van der Waals surface area (Å²) in [6.07, 6.45) is 0.852. The number of phenolic OH excluding ortho intramolecular Hbond substituents is 1. The molecule has 2 aromatic carbocycles. The van der Waals surface area contributed by atoms with Gasteiger partial charge in [0.25, 0.3) is 0 Å². The van der Waals surface area contributed by atoms with Crippen molar-refractivity contribution in [3.05, 3.63) is 64.7 Å². The van der Waals surface area contributed by atoms with Gasteiger partial charge in [-0.05, 0) is 36.5 Å². The summed E-state index contributed by atoms with van der Waals surface area (Å²) in [5.41, 5.74) is 2.01. The highest BCUT2D eigenvalue weighted by Crippen LogP contribution is 2.26. The SMILES string of the molecule is CC(C)C[C@H](CN=C(c1ccccc1)c1cc(Cl)ccc1O)CC(=O)O. The van der Waals surface area contributed by atoms with E-state index in [-0.39, 0.29) is 18.1 Å². The number of hydrogen-bond acceptors (Lipinski definition) is 3. The van der Waals surface area contributed by atoms with E-state index >= 15 is 0 Å². The summed E-state index contributed by atoms with van der Waals surface area (Å²) in [6.45, 7) is 4.51. The summed E-state index contributed by atoms with van der Waals surface area (Å²) in [6, 6.07) is 14.4. The molecule has 0 aliphatic rings. The Morgan fingerprint density at radius 3 is 2.46 bits per heavy atom. The first kappa shape index (κ1) is 20.0. The van der Waals surface area contributed by atoms with E-state index in [1.54, 1.807) is 18.2 Å². The van der Waals surface area contributed by atoms with Crippen LogP contribution >= 0.6 is 11.6 Å². The van der Waals surface area contributed by atoms with E-state index in [0.29, 0.717) is 28.8 Å². The monoisotopic (exact) mass is 373 g/mol. The van der Waals surface area contributed by atoms with Crippen molar-refractivity contribution in [2.45, 2.75) is 26.7 Å². The fraction of sp³-hybridized carbons (Fsp3) is 0.333. The molecule has 2 N–H and O–H groups in total. The van der Waals surface area contributed by atoms with Gasteiger partial charge < -0.3 is 10.2 Å². The van der Waals surface area contributed by atoms with Crippen molar-refractivity contribution in [1.29, 1.82) is 0 Å². The third-order valence-corrected chi connectivity index (χ3v) is 4.27. The van der Waals surface area contributed by atoms with Crippen LogP contribution in [0.5, 0.6) is 5.75 Å². The van der Waals surface area contributed by atoms with E-state index < -0.39 is 5.97 Å². The van der Waals surface area contributed by atoms with Gasteiger partial charge in [-0.25, -0.2) is 0 Å². The number of aromatic hydroxyl groups is 1. The summed E-state index contributed by atoms with van der Waals surface area (Å²) in [4.78, 5) is 15.9. The molecule has 0 spiro atoms. The second-order valence-corrected chi connectivity index (χ2v) is 7.25. The summed E-state index contributed by atoms with van der Waals surface area (Å²) in [7, 11) is 0. The molecule has 0 fully saturated rings. The number of carboxylic acid groups (broad SMARTS) is 1. The Labute approximate surface area is 159 Å². The van der Waals surface area contributed by atoms with Gasteiger partial charge in [0.1, 0.15) is 5.75 Å². The van der Waals surface area contributed by atoms with Gasteiger partial charge in [0.05, 0.1) is 5.71 Å². The highest BCUT2D eigenvalue weighted by atomic mass is 35.5. The number of carbonyl (C=O) groups is 1. The van der Waals surface area contributed by atoms with E-state index in [1.165, 1.54) is 0 Å². The Hall–Kier alpha value is -2.33. The Morgan fingerprint density at radius 2 is 1.85 bits per heavy atom. The average Bonchev–Trinajstić information content (AvgIpc) is 2.58. The quantitative estimate of drug-likeness (QED) is 0.638.